The van der Waals surface area contributed by atoms with Crippen LogP contribution in [0.4, 0.5) is 11.6 Å². The van der Waals surface area contributed by atoms with Crippen LogP contribution in [0.25, 0.3) is 0 Å². The molecule has 12 heteroatoms. The van der Waals surface area contributed by atoms with E-state index < -0.39 is 10.0 Å². The molecule has 0 radical (unpaired) electrons. The van der Waals surface area contributed by atoms with Gasteiger partial charge in [-0.3, -0.25) is 4.72 Å². The summed E-state index contributed by atoms with van der Waals surface area (Å²) in [5.41, 5.74) is 1.07. The van der Waals surface area contributed by atoms with E-state index in [4.69, 9.17) is 21.1 Å². The minimum atomic E-state index is -4.13. The van der Waals surface area contributed by atoms with Gasteiger partial charge in [-0.1, -0.05) is 53.7 Å². The number of anilines is 2. The van der Waals surface area contributed by atoms with Crippen LogP contribution < -0.4 is 19.5 Å². The molecule has 0 aliphatic heterocycles. The van der Waals surface area contributed by atoms with Gasteiger partial charge in [0.1, 0.15) is 28.0 Å². The van der Waals surface area contributed by atoms with Crippen molar-refractivity contribution < 1.29 is 23.0 Å². The summed E-state index contributed by atoms with van der Waals surface area (Å²) in [5.74, 6) is 1.25. The highest BCUT2D eigenvalue weighted by atomic mass is 35.5. The summed E-state index contributed by atoms with van der Waals surface area (Å²) in [7, 11) is -1.40. The van der Waals surface area contributed by atoms with Crippen LogP contribution in [0, 0.1) is 0 Å². The summed E-state index contributed by atoms with van der Waals surface area (Å²) in [6, 6.07) is 13.6. The van der Waals surface area contributed by atoms with Crippen LogP contribution in [0.2, 0.25) is 5.02 Å². The van der Waals surface area contributed by atoms with E-state index in [1.165, 1.54) is 44.2 Å². The molecule has 0 aliphatic rings. The molecule has 0 bridgehead atoms. The second kappa shape index (κ2) is 11.6. The molecule has 2 aromatic carbocycles. The van der Waals surface area contributed by atoms with Crippen LogP contribution in [0.3, 0.4) is 0 Å². The fraction of sp³-hybridized carbons (Fsp3) is 0.273. The first-order valence-corrected chi connectivity index (χ1v) is 13.0. The van der Waals surface area contributed by atoms with E-state index in [0.29, 0.717) is 16.7 Å². The third-order valence-corrected chi connectivity index (χ3v) is 7.14. The van der Waals surface area contributed by atoms with Crippen molar-refractivity contribution in [3.63, 3.8) is 0 Å². The summed E-state index contributed by atoms with van der Waals surface area (Å²) in [6.07, 6.45) is 0. The van der Waals surface area contributed by atoms with Crippen LogP contribution >= 0.6 is 23.4 Å². The van der Waals surface area contributed by atoms with Gasteiger partial charge in [-0.25, -0.2) is 18.4 Å². The van der Waals surface area contributed by atoms with Gasteiger partial charge < -0.3 is 19.9 Å². The smallest absolute Gasteiger partial charge is 0.266 e. The van der Waals surface area contributed by atoms with E-state index in [0.717, 1.165) is 5.56 Å². The fourth-order valence-electron chi connectivity index (χ4n) is 2.87. The zero-order valence-corrected chi connectivity index (χ0v) is 21.2. The van der Waals surface area contributed by atoms with Gasteiger partial charge in [-0.05, 0) is 12.5 Å². The van der Waals surface area contributed by atoms with Crippen molar-refractivity contribution in [3.05, 3.63) is 59.1 Å². The minimum Gasteiger partial charge on any atom is -0.495 e. The van der Waals surface area contributed by atoms with E-state index in [-0.39, 0.29) is 39.9 Å². The Morgan fingerprint density at radius 3 is 2.38 bits per heavy atom. The van der Waals surface area contributed by atoms with E-state index in [1.807, 2.05) is 30.3 Å². The number of thioether (sulfide) groups is 1. The minimum absolute atomic E-state index is 0.0502. The summed E-state index contributed by atoms with van der Waals surface area (Å²) >= 11 is 7.46. The standard InChI is InChI=1S/C22H25ClN4O5S2/c1-14(12-28)24-20-11-21(26-22(25-20)33-13-15-7-5-4-6-8-15)27-34(29,30)19-10-17(31-2)16(23)9-18(19)32-3/h4-11,14,28H,12-13H2,1-3H3,(H2,24,25,26,27)/t14-/m1/s1. The first-order chi connectivity index (χ1) is 16.2. The monoisotopic (exact) mass is 524 g/mol. The Hall–Kier alpha value is -2.73. The lowest BCUT2D eigenvalue weighted by Crippen LogP contribution is -2.21. The Morgan fingerprint density at radius 1 is 1.06 bits per heavy atom. The summed E-state index contributed by atoms with van der Waals surface area (Å²) < 4.78 is 39.3. The molecule has 0 aliphatic carbocycles. The third kappa shape index (κ3) is 6.66. The number of methoxy groups -OCH3 is 2. The molecule has 0 fully saturated rings. The van der Waals surface area contributed by atoms with Crippen LogP contribution in [-0.4, -0.2) is 50.4 Å². The molecular weight excluding hydrogens is 500 g/mol. The topological polar surface area (TPSA) is 123 Å². The zero-order valence-electron chi connectivity index (χ0n) is 18.8. The second-order valence-corrected chi connectivity index (χ2v) is 10.2. The van der Waals surface area contributed by atoms with Gasteiger partial charge in [0.15, 0.2) is 5.16 Å². The van der Waals surface area contributed by atoms with Crippen LogP contribution in [0.1, 0.15) is 12.5 Å². The zero-order chi connectivity index (χ0) is 24.7. The van der Waals surface area contributed by atoms with Crippen LogP contribution in [-0.2, 0) is 15.8 Å². The third-order valence-electron chi connectivity index (χ3n) is 4.55. The van der Waals surface area contributed by atoms with Crippen molar-refractivity contribution >= 4 is 45.0 Å². The molecule has 0 amide bonds. The van der Waals surface area contributed by atoms with Crippen molar-refractivity contribution in [2.75, 3.05) is 30.9 Å². The highest BCUT2D eigenvalue weighted by Crippen LogP contribution is 2.36. The highest BCUT2D eigenvalue weighted by molar-refractivity contribution is 7.98. The normalized spacial score (nSPS) is 12.1. The number of nitrogens with one attached hydrogen (secondary N) is 2. The summed E-state index contributed by atoms with van der Waals surface area (Å²) in [6.45, 7) is 1.65. The number of hydrogen-bond donors (Lipinski definition) is 3. The number of halogens is 1. The Kier molecular flexibility index (Phi) is 8.84. The van der Waals surface area contributed by atoms with Gasteiger partial charge in [0.05, 0.1) is 25.8 Å². The van der Waals surface area contributed by atoms with E-state index in [9.17, 15) is 13.5 Å². The van der Waals surface area contributed by atoms with Gasteiger partial charge in [0.25, 0.3) is 10.0 Å². The van der Waals surface area contributed by atoms with Crippen molar-refractivity contribution in [2.45, 2.75) is 28.8 Å². The largest absolute Gasteiger partial charge is 0.495 e. The van der Waals surface area contributed by atoms with E-state index in [1.54, 1.807) is 6.92 Å². The van der Waals surface area contributed by atoms with Crippen molar-refractivity contribution in [1.29, 1.82) is 0 Å². The second-order valence-electron chi connectivity index (χ2n) is 7.17. The molecule has 3 rings (SSSR count). The lowest BCUT2D eigenvalue weighted by atomic mass is 10.2. The molecule has 0 saturated carbocycles. The first-order valence-electron chi connectivity index (χ1n) is 10.1. The van der Waals surface area contributed by atoms with E-state index >= 15 is 0 Å². The SMILES string of the molecule is COc1cc(S(=O)(=O)Nc2cc(N[C@H](C)CO)nc(SCc3ccccc3)n2)c(OC)cc1Cl. The van der Waals surface area contributed by atoms with Crippen molar-refractivity contribution in [3.8, 4) is 11.5 Å². The number of nitrogens with zero attached hydrogens (tertiary/aromatic N) is 2. The molecule has 34 heavy (non-hydrogen) atoms. The lowest BCUT2D eigenvalue weighted by molar-refractivity contribution is 0.281. The maximum atomic E-state index is 13.2. The molecule has 9 nitrogen and oxygen atoms in total. The number of hydrogen-bond acceptors (Lipinski definition) is 9. The molecule has 1 heterocycles. The van der Waals surface area contributed by atoms with Crippen molar-refractivity contribution in [1.82, 2.24) is 9.97 Å². The maximum Gasteiger partial charge on any atom is 0.266 e. The predicted octanol–water partition coefficient (Wildman–Crippen LogP) is 4.03. The molecule has 3 aromatic rings. The number of ether oxygens (including phenoxy) is 2. The fourth-order valence-corrected chi connectivity index (χ4v) is 5.08. The molecule has 3 N–H and O–H groups in total. The van der Waals surface area contributed by atoms with Gasteiger partial charge in [-0.15, -0.1) is 0 Å². The maximum absolute atomic E-state index is 13.2. The van der Waals surface area contributed by atoms with Gasteiger partial charge >= 0.3 is 0 Å². The lowest BCUT2D eigenvalue weighted by Gasteiger charge is -2.16. The summed E-state index contributed by atoms with van der Waals surface area (Å²) in [4.78, 5) is 8.65. The average Bonchev–Trinajstić information content (AvgIpc) is 2.82. The number of aliphatic hydroxyl groups is 1. The Bertz CT molecular complexity index is 1230. The van der Waals surface area contributed by atoms with Crippen LogP contribution in [0.15, 0.2) is 58.6 Å². The van der Waals surface area contributed by atoms with Crippen molar-refractivity contribution in [2.24, 2.45) is 0 Å². The molecule has 182 valence electrons. The Morgan fingerprint density at radius 2 is 1.74 bits per heavy atom. The van der Waals surface area contributed by atoms with E-state index in [2.05, 4.69) is 20.0 Å². The van der Waals surface area contributed by atoms with Gasteiger partial charge in [0.2, 0.25) is 0 Å². The molecule has 1 aromatic heterocycles. The number of aliphatic hydroxyl groups excluding tert-OH is 1. The van der Waals surface area contributed by atoms with Gasteiger partial charge in [-0.2, -0.15) is 0 Å². The molecule has 0 spiro atoms. The Labute approximate surface area is 207 Å². The number of sulfonamides is 1. The Balaban J connectivity index is 1.95. The van der Waals surface area contributed by atoms with Gasteiger partial charge in [0, 0.05) is 30.0 Å². The summed E-state index contributed by atoms with van der Waals surface area (Å²) in [5, 5.41) is 13.0. The van der Waals surface area contributed by atoms with Crippen LogP contribution in [0.5, 0.6) is 11.5 Å². The first kappa shape index (κ1) is 25.9. The number of rotatable bonds is 11. The quantitative estimate of drug-likeness (QED) is 0.252. The number of aromatic nitrogens is 2. The highest BCUT2D eigenvalue weighted by Gasteiger charge is 2.24. The average molecular weight is 525 g/mol. The molecule has 0 saturated heterocycles. The molecule has 1 atom stereocenters. The molecular formula is C22H25ClN4O5S2. The number of benzene rings is 2. The molecule has 0 unspecified atom stereocenters. The predicted molar refractivity (Wildman–Crippen MR) is 134 cm³/mol.